The van der Waals surface area contributed by atoms with Gasteiger partial charge in [0.25, 0.3) is 0 Å². The lowest BCUT2D eigenvalue weighted by Gasteiger charge is -2.25. The molecule has 5 heteroatoms. The van der Waals surface area contributed by atoms with Crippen molar-refractivity contribution in [1.82, 2.24) is 4.90 Å². The Bertz CT molecular complexity index is 955. The minimum Gasteiger partial charge on any atom is -0.371 e. The number of benzene rings is 2. The van der Waals surface area contributed by atoms with Gasteiger partial charge >= 0.3 is 0 Å². The summed E-state index contributed by atoms with van der Waals surface area (Å²) >= 11 is 0. The number of aryl methyl sites for hydroxylation is 1. The molecule has 27 heavy (non-hydrogen) atoms. The topological polar surface area (TPSA) is 40.6 Å². The second-order valence-corrected chi connectivity index (χ2v) is 9.79. The van der Waals surface area contributed by atoms with Crippen LogP contribution in [-0.2, 0) is 9.84 Å². The lowest BCUT2D eigenvalue weighted by molar-refractivity contribution is 0.298. The number of anilines is 1. The Morgan fingerprint density at radius 3 is 2.52 bits per heavy atom. The van der Waals surface area contributed by atoms with Gasteiger partial charge in [0, 0.05) is 31.2 Å². The van der Waals surface area contributed by atoms with Crippen molar-refractivity contribution in [3.05, 3.63) is 53.6 Å². The number of likely N-dealkylation sites (N-methyl/N-ethyl adjacent to an activating group) is 1. The molecule has 0 spiro atoms. The van der Waals surface area contributed by atoms with Crippen LogP contribution in [0, 0.1) is 6.92 Å². The minimum absolute atomic E-state index is 0.378. The molecule has 0 N–H and O–H groups in total. The van der Waals surface area contributed by atoms with Crippen molar-refractivity contribution >= 4 is 15.5 Å². The standard InChI is InChI=1S/C22H28N2O2S/c1-4-24-12-10-19-20-15-18(8-9-21(20)23(3)22(19)11-13-24)27(25,26)17-7-5-6-16(2)14-17/h5-9,14-15,19,22H,4,10-13H2,1-3H3/t19-,22+/m1/s1. The highest BCUT2D eigenvalue weighted by Crippen LogP contribution is 2.45. The third kappa shape index (κ3) is 3.17. The maximum absolute atomic E-state index is 13.2. The highest BCUT2D eigenvalue weighted by Gasteiger charge is 2.38. The number of rotatable bonds is 3. The van der Waals surface area contributed by atoms with E-state index in [4.69, 9.17) is 0 Å². The molecule has 0 bridgehead atoms. The van der Waals surface area contributed by atoms with Gasteiger partial charge in [-0.05, 0) is 74.3 Å². The number of sulfone groups is 1. The SMILES string of the molecule is CCN1CC[C@@H]2c3cc(S(=O)(=O)c4cccc(C)c4)ccc3N(C)[C@H]2CC1. The Kier molecular flexibility index (Phi) is 4.77. The van der Waals surface area contributed by atoms with E-state index in [9.17, 15) is 8.42 Å². The zero-order valence-electron chi connectivity index (χ0n) is 16.4. The fraction of sp³-hybridized carbons (Fsp3) is 0.455. The van der Waals surface area contributed by atoms with E-state index in [0.29, 0.717) is 21.8 Å². The zero-order chi connectivity index (χ0) is 19.2. The van der Waals surface area contributed by atoms with Crippen LogP contribution in [0.15, 0.2) is 52.3 Å². The second-order valence-electron chi connectivity index (χ2n) is 7.84. The van der Waals surface area contributed by atoms with Gasteiger partial charge in [-0.3, -0.25) is 0 Å². The quantitative estimate of drug-likeness (QED) is 0.806. The molecule has 144 valence electrons. The summed E-state index contributed by atoms with van der Waals surface area (Å²) in [6.07, 6.45) is 2.22. The van der Waals surface area contributed by atoms with E-state index < -0.39 is 9.84 Å². The van der Waals surface area contributed by atoms with Crippen LogP contribution >= 0.6 is 0 Å². The van der Waals surface area contributed by atoms with Crippen molar-refractivity contribution in [2.75, 3.05) is 31.6 Å². The monoisotopic (exact) mass is 384 g/mol. The Labute approximate surface area is 162 Å². The van der Waals surface area contributed by atoms with E-state index >= 15 is 0 Å². The molecule has 1 saturated heterocycles. The molecule has 0 amide bonds. The Hall–Kier alpha value is -1.85. The first-order valence-corrected chi connectivity index (χ1v) is 11.3. The molecule has 1 fully saturated rings. The molecular formula is C22H28N2O2S. The molecular weight excluding hydrogens is 356 g/mol. The summed E-state index contributed by atoms with van der Waals surface area (Å²) in [4.78, 5) is 5.65. The fourth-order valence-electron chi connectivity index (χ4n) is 4.70. The van der Waals surface area contributed by atoms with Crippen molar-refractivity contribution in [2.24, 2.45) is 0 Å². The first-order valence-electron chi connectivity index (χ1n) is 9.82. The summed E-state index contributed by atoms with van der Waals surface area (Å²) in [5.41, 5.74) is 3.35. The molecule has 2 aromatic rings. The second kappa shape index (κ2) is 6.95. The molecule has 2 heterocycles. The molecule has 2 aromatic carbocycles. The van der Waals surface area contributed by atoms with Crippen molar-refractivity contribution < 1.29 is 8.42 Å². The summed E-state index contributed by atoms with van der Waals surface area (Å²) in [5, 5.41) is 0. The van der Waals surface area contributed by atoms with Gasteiger partial charge < -0.3 is 9.80 Å². The van der Waals surface area contributed by atoms with E-state index in [1.54, 1.807) is 18.2 Å². The van der Waals surface area contributed by atoms with E-state index in [-0.39, 0.29) is 0 Å². The van der Waals surface area contributed by atoms with Crippen LogP contribution in [-0.4, -0.2) is 46.0 Å². The first kappa shape index (κ1) is 18.5. The van der Waals surface area contributed by atoms with Crippen LogP contribution in [0.3, 0.4) is 0 Å². The Morgan fingerprint density at radius 1 is 1.04 bits per heavy atom. The van der Waals surface area contributed by atoms with Gasteiger partial charge in [-0.1, -0.05) is 19.1 Å². The normalized spacial score (nSPS) is 23.0. The highest BCUT2D eigenvalue weighted by molar-refractivity contribution is 7.91. The lowest BCUT2D eigenvalue weighted by Crippen LogP contribution is -2.31. The summed E-state index contributed by atoms with van der Waals surface area (Å²) in [6.45, 7) is 7.42. The number of nitrogens with zero attached hydrogens (tertiary/aromatic N) is 2. The molecule has 4 rings (SSSR count). The Morgan fingerprint density at radius 2 is 1.78 bits per heavy atom. The number of hydrogen-bond acceptors (Lipinski definition) is 4. The summed E-state index contributed by atoms with van der Waals surface area (Å²) in [7, 11) is -1.34. The molecule has 0 aliphatic carbocycles. The first-order chi connectivity index (χ1) is 12.9. The van der Waals surface area contributed by atoms with Crippen molar-refractivity contribution in [1.29, 1.82) is 0 Å². The van der Waals surface area contributed by atoms with E-state index in [0.717, 1.165) is 38.0 Å². The molecule has 0 radical (unpaired) electrons. The predicted molar refractivity (Wildman–Crippen MR) is 109 cm³/mol. The summed E-state index contributed by atoms with van der Waals surface area (Å²) in [6, 6.07) is 13.4. The fourth-order valence-corrected chi connectivity index (χ4v) is 6.10. The van der Waals surface area contributed by atoms with Crippen LogP contribution in [0.2, 0.25) is 0 Å². The number of fused-ring (bicyclic) bond motifs is 3. The maximum atomic E-state index is 13.2. The molecule has 2 aliphatic rings. The Balaban J connectivity index is 1.73. The van der Waals surface area contributed by atoms with Crippen LogP contribution in [0.1, 0.15) is 36.8 Å². The van der Waals surface area contributed by atoms with Crippen molar-refractivity contribution in [3.63, 3.8) is 0 Å². The zero-order valence-corrected chi connectivity index (χ0v) is 17.2. The smallest absolute Gasteiger partial charge is 0.206 e. The average molecular weight is 385 g/mol. The summed E-state index contributed by atoms with van der Waals surface area (Å²) < 4.78 is 26.3. The molecule has 0 unspecified atom stereocenters. The van der Waals surface area contributed by atoms with Crippen LogP contribution in [0.5, 0.6) is 0 Å². The molecule has 2 atom stereocenters. The van der Waals surface area contributed by atoms with Gasteiger partial charge in [0.15, 0.2) is 0 Å². The lowest BCUT2D eigenvalue weighted by atomic mass is 9.91. The maximum Gasteiger partial charge on any atom is 0.206 e. The predicted octanol–water partition coefficient (Wildman–Crippen LogP) is 3.85. The van der Waals surface area contributed by atoms with Crippen LogP contribution in [0.4, 0.5) is 5.69 Å². The van der Waals surface area contributed by atoms with E-state index in [2.05, 4.69) is 23.8 Å². The third-order valence-corrected chi connectivity index (χ3v) is 8.04. The van der Waals surface area contributed by atoms with Crippen molar-refractivity contribution in [3.8, 4) is 0 Å². The molecule has 2 aliphatic heterocycles. The van der Waals surface area contributed by atoms with Gasteiger partial charge in [0.1, 0.15) is 0 Å². The van der Waals surface area contributed by atoms with Gasteiger partial charge in [-0.15, -0.1) is 0 Å². The van der Waals surface area contributed by atoms with Crippen LogP contribution in [0.25, 0.3) is 0 Å². The van der Waals surface area contributed by atoms with Gasteiger partial charge in [-0.25, -0.2) is 8.42 Å². The van der Waals surface area contributed by atoms with Gasteiger partial charge in [0.05, 0.1) is 9.79 Å². The van der Waals surface area contributed by atoms with Gasteiger partial charge in [-0.2, -0.15) is 0 Å². The van der Waals surface area contributed by atoms with Crippen LogP contribution < -0.4 is 4.90 Å². The van der Waals surface area contributed by atoms with Crippen molar-refractivity contribution in [2.45, 2.75) is 48.4 Å². The number of likely N-dealkylation sites (tertiary alicyclic amines) is 1. The highest BCUT2D eigenvalue weighted by atomic mass is 32.2. The average Bonchev–Trinajstić information content (AvgIpc) is 2.82. The van der Waals surface area contributed by atoms with Gasteiger partial charge in [0.2, 0.25) is 9.84 Å². The molecule has 4 nitrogen and oxygen atoms in total. The molecule has 0 saturated carbocycles. The largest absolute Gasteiger partial charge is 0.371 e. The van der Waals surface area contributed by atoms with E-state index in [1.165, 1.54) is 11.3 Å². The minimum atomic E-state index is -3.49. The number of hydrogen-bond donors (Lipinski definition) is 0. The summed E-state index contributed by atoms with van der Waals surface area (Å²) in [5.74, 6) is 0.411. The van der Waals surface area contributed by atoms with E-state index in [1.807, 2.05) is 31.2 Å². The molecule has 0 aromatic heterocycles. The third-order valence-electron chi connectivity index (χ3n) is 6.30.